The number of pyridine rings is 1. The number of rotatable bonds is 4. The average Bonchev–Trinajstić information content (AvgIpc) is 3.00. The second-order valence-electron chi connectivity index (χ2n) is 5.18. The Kier molecular flexibility index (Phi) is 4.17. The first-order chi connectivity index (χ1) is 11.6. The van der Waals surface area contributed by atoms with E-state index in [2.05, 4.69) is 21.3 Å². The topological polar surface area (TPSA) is 69.0 Å². The molecule has 120 valence electrons. The van der Waals surface area contributed by atoms with Gasteiger partial charge in [0.15, 0.2) is 5.65 Å². The molecule has 0 fully saturated rings. The predicted molar refractivity (Wildman–Crippen MR) is 91.7 cm³/mol. The van der Waals surface area contributed by atoms with E-state index in [1.165, 1.54) is 0 Å². The van der Waals surface area contributed by atoms with Crippen LogP contribution in [0, 0.1) is 12.3 Å². The number of aryl methyl sites for hydroxylation is 1. The van der Waals surface area contributed by atoms with Crippen LogP contribution in [0.2, 0.25) is 0 Å². The van der Waals surface area contributed by atoms with Crippen molar-refractivity contribution in [3.63, 3.8) is 0 Å². The standard InChI is InChI=1S/C18H16N4O2/c1-4-8-19-18(23)14-10-16(12-6-5-7-13(9-12)24-3)21-17-15(14)11-20-22(17)2/h1,5-7,9-11H,8H2,2-3H3,(H,19,23). The SMILES string of the molecule is C#CCNC(=O)c1cc(-c2cccc(OC)c2)nc2c1cnn2C. The van der Waals surface area contributed by atoms with Gasteiger partial charge in [-0.05, 0) is 18.2 Å². The van der Waals surface area contributed by atoms with Crippen molar-refractivity contribution in [1.29, 1.82) is 0 Å². The van der Waals surface area contributed by atoms with Gasteiger partial charge in [0, 0.05) is 12.6 Å². The zero-order valence-electron chi connectivity index (χ0n) is 13.4. The number of nitrogens with one attached hydrogen (secondary N) is 1. The van der Waals surface area contributed by atoms with Gasteiger partial charge in [0.25, 0.3) is 5.91 Å². The molecule has 0 bridgehead atoms. The van der Waals surface area contributed by atoms with Gasteiger partial charge in [-0.1, -0.05) is 18.1 Å². The third-order valence-corrected chi connectivity index (χ3v) is 3.67. The van der Waals surface area contributed by atoms with Crippen LogP contribution in [0.5, 0.6) is 5.75 Å². The molecule has 0 aliphatic rings. The first kappa shape index (κ1) is 15.6. The van der Waals surface area contributed by atoms with E-state index in [4.69, 9.17) is 11.2 Å². The quantitative estimate of drug-likeness (QED) is 0.747. The lowest BCUT2D eigenvalue weighted by molar-refractivity contribution is 0.0960. The Morgan fingerprint density at radius 1 is 1.42 bits per heavy atom. The first-order valence-corrected chi connectivity index (χ1v) is 7.33. The summed E-state index contributed by atoms with van der Waals surface area (Å²) in [6, 6.07) is 9.25. The smallest absolute Gasteiger partial charge is 0.252 e. The van der Waals surface area contributed by atoms with Gasteiger partial charge >= 0.3 is 0 Å². The first-order valence-electron chi connectivity index (χ1n) is 7.33. The molecule has 1 amide bonds. The summed E-state index contributed by atoms with van der Waals surface area (Å²) in [5, 5.41) is 7.56. The van der Waals surface area contributed by atoms with Crippen LogP contribution in [0.3, 0.4) is 0 Å². The second-order valence-corrected chi connectivity index (χ2v) is 5.18. The number of carbonyl (C=O) groups is 1. The number of nitrogens with zero attached hydrogens (tertiary/aromatic N) is 3. The van der Waals surface area contributed by atoms with Gasteiger partial charge in [-0.3, -0.25) is 9.48 Å². The molecule has 0 unspecified atom stereocenters. The lowest BCUT2D eigenvalue weighted by Crippen LogP contribution is -2.23. The van der Waals surface area contributed by atoms with Crippen molar-refractivity contribution in [3.05, 3.63) is 42.1 Å². The largest absolute Gasteiger partial charge is 0.497 e. The minimum absolute atomic E-state index is 0.164. The average molecular weight is 320 g/mol. The molecule has 1 aromatic carbocycles. The molecule has 2 aromatic heterocycles. The van der Waals surface area contributed by atoms with E-state index in [9.17, 15) is 4.79 Å². The highest BCUT2D eigenvalue weighted by molar-refractivity contribution is 6.06. The number of amides is 1. The fraction of sp³-hybridized carbons (Fsp3) is 0.167. The molecule has 0 aliphatic carbocycles. The van der Waals surface area contributed by atoms with Crippen LogP contribution >= 0.6 is 0 Å². The number of aromatic nitrogens is 3. The van der Waals surface area contributed by atoms with Crippen LogP contribution in [-0.2, 0) is 7.05 Å². The van der Waals surface area contributed by atoms with Crippen molar-refractivity contribution in [2.24, 2.45) is 7.05 Å². The maximum atomic E-state index is 12.4. The van der Waals surface area contributed by atoms with E-state index in [0.29, 0.717) is 22.3 Å². The molecule has 24 heavy (non-hydrogen) atoms. The Balaban J connectivity index is 2.17. The highest BCUT2D eigenvalue weighted by atomic mass is 16.5. The predicted octanol–water partition coefficient (Wildman–Crippen LogP) is 2.01. The van der Waals surface area contributed by atoms with Gasteiger partial charge in [-0.25, -0.2) is 4.98 Å². The number of carbonyl (C=O) groups excluding carboxylic acids is 1. The lowest BCUT2D eigenvalue weighted by Gasteiger charge is -2.08. The third kappa shape index (κ3) is 2.79. The number of hydrogen-bond acceptors (Lipinski definition) is 4. The van der Waals surface area contributed by atoms with E-state index in [0.717, 1.165) is 11.3 Å². The summed E-state index contributed by atoms with van der Waals surface area (Å²) in [6.07, 6.45) is 6.84. The van der Waals surface area contributed by atoms with Crippen molar-refractivity contribution < 1.29 is 9.53 Å². The lowest BCUT2D eigenvalue weighted by atomic mass is 10.1. The molecule has 0 radical (unpaired) electrons. The van der Waals surface area contributed by atoms with Gasteiger partial charge in [0.1, 0.15) is 5.75 Å². The molecule has 0 aliphatic heterocycles. The molecule has 2 heterocycles. The molecule has 0 saturated heterocycles. The normalized spacial score (nSPS) is 10.4. The number of fused-ring (bicyclic) bond motifs is 1. The van der Waals surface area contributed by atoms with Crippen LogP contribution in [0.25, 0.3) is 22.3 Å². The maximum absolute atomic E-state index is 12.4. The highest BCUT2D eigenvalue weighted by Gasteiger charge is 2.16. The Labute approximate surface area is 139 Å². The molecule has 6 heteroatoms. The molecule has 0 spiro atoms. The van der Waals surface area contributed by atoms with E-state index in [1.54, 1.807) is 31.1 Å². The zero-order valence-corrected chi connectivity index (χ0v) is 13.4. The Hall–Kier alpha value is -3.33. The van der Waals surface area contributed by atoms with Crippen LogP contribution in [0.4, 0.5) is 0 Å². The fourth-order valence-electron chi connectivity index (χ4n) is 2.46. The number of terminal acetylenes is 1. The molecule has 1 N–H and O–H groups in total. The van der Waals surface area contributed by atoms with E-state index in [1.807, 2.05) is 24.3 Å². The molecule has 0 atom stereocenters. The van der Waals surface area contributed by atoms with Gasteiger partial charge in [0.05, 0.1) is 36.5 Å². The summed E-state index contributed by atoms with van der Waals surface area (Å²) in [5.41, 5.74) is 2.63. The summed E-state index contributed by atoms with van der Waals surface area (Å²) in [5.74, 6) is 2.87. The van der Waals surface area contributed by atoms with Crippen LogP contribution in [-0.4, -0.2) is 34.3 Å². The number of methoxy groups -OCH3 is 1. The molecule has 6 nitrogen and oxygen atoms in total. The van der Waals surface area contributed by atoms with Gasteiger partial charge in [-0.2, -0.15) is 5.10 Å². The highest BCUT2D eigenvalue weighted by Crippen LogP contribution is 2.27. The van der Waals surface area contributed by atoms with Crippen LogP contribution in [0.15, 0.2) is 36.5 Å². The fourth-order valence-corrected chi connectivity index (χ4v) is 2.46. The summed E-state index contributed by atoms with van der Waals surface area (Å²) in [6.45, 7) is 0.164. The minimum atomic E-state index is -0.252. The number of ether oxygens (including phenoxy) is 1. The zero-order chi connectivity index (χ0) is 17.1. The van der Waals surface area contributed by atoms with Gasteiger partial charge < -0.3 is 10.1 Å². The Morgan fingerprint density at radius 2 is 2.25 bits per heavy atom. The summed E-state index contributed by atoms with van der Waals surface area (Å²) >= 11 is 0. The summed E-state index contributed by atoms with van der Waals surface area (Å²) in [7, 11) is 3.39. The van der Waals surface area contributed by atoms with Gasteiger partial charge in [0.2, 0.25) is 0 Å². The Morgan fingerprint density at radius 3 is 3.00 bits per heavy atom. The Bertz CT molecular complexity index is 953. The van der Waals surface area contributed by atoms with E-state index < -0.39 is 0 Å². The van der Waals surface area contributed by atoms with Crippen molar-refractivity contribution in [3.8, 4) is 29.4 Å². The second kappa shape index (κ2) is 6.42. The van der Waals surface area contributed by atoms with Crippen molar-refractivity contribution >= 4 is 16.9 Å². The molecule has 3 rings (SSSR count). The van der Waals surface area contributed by atoms with Crippen LogP contribution in [0.1, 0.15) is 10.4 Å². The molecular weight excluding hydrogens is 304 g/mol. The monoisotopic (exact) mass is 320 g/mol. The number of benzene rings is 1. The van der Waals surface area contributed by atoms with Crippen LogP contribution < -0.4 is 10.1 Å². The van der Waals surface area contributed by atoms with Crippen molar-refractivity contribution in [2.45, 2.75) is 0 Å². The molecule has 3 aromatic rings. The van der Waals surface area contributed by atoms with E-state index >= 15 is 0 Å². The third-order valence-electron chi connectivity index (χ3n) is 3.67. The molecule has 0 saturated carbocycles. The summed E-state index contributed by atoms with van der Waals surface area (Å²) < 4.78 is 6.89. The summed E-state index contributed by atoms with van der Waals surface area (Å²) in [4.78, 5) is 17.1. The van der Waals surface area contributed by atoms with Gasteiger partial charge in [-0.15, -0.1) is 6.42 Å². The van der Waals surface area contributed by atoms with E-state index in [-0.39, 0.29) is 12.5 Å². The van der Waals surface area contributed by atoms with Crippen molar-refractivity contribution in [2.75, 3.05) is 13.7 Å². The number of hydrogen-bond donors (Lipinski definition) is 1. The molecular formula is C18H16N4O2. The maximum Gasteiger partial charge on any atom is 0.252 e. The minimum Gasteiger partial charge on any atom is -0.497 e. The van der Waals surface area contributed by atoms with Crippen molar-refractivity contribution in [1.82, 2.24) is 20.1 Å².